The van der Waals surface area contributed by atoms with Crippen molar-refractivity contribution in [1.82, 2.24) is 9.55 Å². The second-order valence-electron chi connectivity index (χ2n) is 4.91. The van der Waals surface area contributed by atoms with Crippen molar-refractivity contribution in [1.29, 1.82) is 5.26 Å². The first-order chi connectivity index (χ1) is 11.2. The molecular formula is C16H8ClN3O3. The van der Waals surface area contributed by atoms with Gasteiger partial charge in [-0.2, -0.15) is 5.26 Å². The van der Waals surface area contributed by atoms with Crippen LogP contribution in [0.4, 0.5) is 0 Å². The molecule has 3 aromatic rings. The lowest BCUT2D eigenvalue weighted by Gasteiger charge is -2.11. The average Bonchev–Trinajstić information content (AvgIpc) is 3.01. The van der Waals surface area contributed by atoms with Gasteiger partial charge >= 0.3 is 0 Å². The minimum absolute atomic E-state index is 0.0336. The fourth-order valence-corrected chi connectivity index (χ4v) is 2.65. The highest BCUT2D eigenvalue weighted by atomic mass is 35.5. The van der Waals surface area contributed by atoms with Crippen LogP contribution >= 0.6 is 11.6 Å². The Balaban J connectivity index is 2.12. The van der Waals surface area contributed by atoms with Gasteiger partial charge in [0.1, 0.15) is 16.8 Å². The predicted octanol–water partition coefficient (Wildman–Crippen LogP) is 2.64. The van der Waals surface area contributed by atoms with Crippen LogP contribution in [0.2, 0.25) is 5.15 Å². The predicted molar refractivity (Wildman–Crippen MR) is 83.2 cm³/mol. The minimum Gasteiger partial charge on any atom is -0.454 e. The van der Waals surface area contributed by atoms with Crippen molar-refractivity contribution in [2.75, 3.05) is 6.79 Å². The number of fused-ring (bicyclic) bond motifs is 2. The molecule has 0 aliphatic carbocycles. The molecule has 0 N–H and O–H groups in total. The van der Waals surface area contributed by atoms with Crippen molar-refractivity contribution >= 4 is 22.5 Å². The highest BCUT2D eigenvalue weighted by molar-refractivity contribution is 6.29. The van der Waals surface area contributed by atoms with E-state index in [4.69, 9.17) is 21.1 Å². The van der Waals surface area contributed by atoms with Crippen molar-refractivity contribution < 1.29 is 9.47 Å². The molecule has 0 amide bonds. The van der Waals surface area contributed by atoms with Gasteiger partial charge in [-0.25, -0.2) is 4.98 Å². The van der Waals surface area contributed by atoms with Crippen molar-refractivity contribution in [2.45, 2.75) is 0 Å². The second kappa shape index (κ2) is 5.00. The number of aromatic nitrogens is 2. The van der Waals surface area contributed by atoms with Gasteiger partial charge in [-0.3, -0.25) is 9.36 Å². The molecule has 6 nitrogen and oxygen atoms in total. The molecule has 0 atom stereocenters. The third kappa shape index (κ3) is 2.10. The van der Waals surface area contributed by atoms with Gasteiger partial charge in [-0.15, -0.1) is 0 Å². The van der Waals surface area contributed by atoms with Gasteiger partial charge < -0.3 is 9.47 Å². The summed E-state index contributed by atoms with van der Waals surface area (Å²) < 4.78 is 12.1. The summed E-state index contributed by atoms with van der Waals surface area (Å²) in [5.41, 5.74) is 0.719. The number of hydrogen-bond acceptors (Lipinski definition) is 5. The second-order valence-corrected chi connectivity index (χ2v) is 5.30. The molecule has 0 saturated heterocycles. The van der Waals surface area contributed by atoms with Crippen LogP contribution in [0.1, 0.15) is 5.56 Å². The lowest BCUT2D eigenvalue weighted by molar-refractivity contribution is 0.174. The van der Waals surface area contributed by atoms with Gasteiger partial charge in [0, 0.05) is 11.5 Å². The Labute approximate surface area is 135 Å². The topological polar surface area (TPSA) is 77.1 Å². The number of nitriles is 1. The molecule has 0 radical (unpaired) electrons. The Morgan fingerprint density at radius 3 is 2.70 bits per heavy atom. The molecular weight excluding hydrogens is 318 g/mol. The van der Waals surface area contributed by atoms with E-state index in [1.165, 1.54) is 10.8 Å². The molecule has 1 aliphatic heterocycles. The van der Waals surface area contributed by atoms with Gasteiger partial charge in [-0.05, 0) is 24.3 Å². The van der Waals surface area contributed by atoms with Gasteiger partial charge in [0.25, 0.3) is 5.56 Å². The number of halogens is 1. The van der Waals surface area contributed by atoms with E-state index in [-0.39, 0.29) is 12.4 Å². The standard InChI is InChI=1S/C16H8ClN3O3/c17-15-2-1-11(7-19-15)20-12-5-14-13(22-8-23-14)4-9(12)3-10(6-18)16(20)21/h1-5,7H,8H2. The van der Waals surface area contributed by atoms with Crippen LogP contribution in [-0.4, -0.2) is 16.3 Å². The van der Waals surface area contributed by atoms with E-state index in [0.717, 1.165) is 0 Å². The lowest BCUT2D eigenvalue weighted by atomic mass is 10.1. The zero-order valence-electron chi connectivity index (χ0n) is 11.6. The Kier molecular flexibility index (Phi) is 2.96. The van der Waals surface area contributed by atoms with Crippen LogP contribution in [-0.2, 0) is 0 Å². The zero-order chi connectivity index (χ0) is 16.0. The molecule has 112 valence electrons. The summed E-state index contributed by atoms with van der Waals surface area (Å²) in [5, 5.41) is 10.2. The molecule has 1 aromatic carbocycles. The summed E-state index contributed by atoms with van der Waals surface area (Å²) in [6.07, 6.45) is 1.48. The maximum Gasteiger partial charge on any atom is 0.273 e. The molecule has 0 unspecified atom stereocenters. The molecule has 0 spiro atoms. The highest BCUT2D eigenvalue weighted by Crippen LogP contribution is 2.36. The molecule has 23 heavy (non-hydrogen) atoms. The largest absolute Gasteiger partial charge is 0.454 e. The molecule has 0 bridgehead atoms. The van der Waals surface area contributed by atoms with Gasteiger partial charge in [0.05, 0.1) is 17.4 Å². The third-order valence-corrected chi connectivity index (χ3v) is 3.81. The number of rotatable bonds is 1. The van der Waals surface area contributed by atoms with E-state index >= 15 is 0 Å². The summed E-state index contributed by atoms with van der Waals surface area (Å²) in [6.45, 7) is 0.128. The smallest absolute Gasteiger partial charge is 0.273 e. The summed E-state index contributed by atoms with van der Waals surface area (Å²) in [5.74, 6) is 1.14. The number of nitrogens with zero attached hydrogens (tertiary/aromatic N) is 3. The van der Waals surface area contributed by atoms with E-state index in [2.05, 4.69) is 4.98 Å². The fourth-order valence-electron chi connectivity index (χ4n) is 2.54. The SMILES string of the molecule is N#Cc1cc2cc3c(cc2n(-c2ccc(Cl)nc2)c1=O)OCO3. The Bertz CT molecular complexity index is 1040. The average molecular weight is 326 g/mol. The summed E-state index contributed by atoms with van der Waals surface area (Å²) in [7, 11) is 0. The normalized spacial score (nSPS) is 12.3. The van der Waals surface area contributed by atoms with Crippen LogP contribution in [0.5, 0.6) is 11.5 Å². The summed E-state index contributed by atoms with van der Waals surface area (Å²) in [4.78, 5) is 16.6. The number of ether oxygens (including phenoxy) is 2. The van der Waals surface area contributed by atoms with Crippen LogP contribution in [0.25, 0.3) is 16.6 Å². The van der Waals surface area contributed by atoms with Crippen molar-refractivity contribution in [3.63, 3.8) is 0 Å². The Hall–Kier alpha value is -3.04. The van der Waals surface area contributed by atoms with Crippen LogP contribution in [0.3, 0.4) is 0 Å². The van der Waals surface area contributed by atoms with E-state index in [1.54, 1.807) is 30.3 Å². The highest BCUT2D eigenvalue weighted by Gasteiger charge is 2.18. The number of hydrogen-bond donors (Lipinski definition) is 0. The quantitative estimate of drug-likeness (QED) is 0.643. The van der Waals surface area contributed by atoms with Crippen LogP contribution in [0.15, 0.2) is 41.3 Å². The molecule has 0 saturated carbocycles. The first-order valence-electron chi connectivity index (χ1n) is 6.69. The van der Waals surface area contributed by atoms with Crippen molar-refractivity contribution in [3.05, 3.63) is 57.6 Å². The Morgan fingerprint density at radius 1 is 1.22 bits per heavy atom. The third-order valence-electron chi connectivity index (χ3n) is 3.59. The minimum atomic E-state index is -0.428. The van der Waals surface area contributed by atoms with E-state index in [1.807, 2.05) is 6.07 Å². The number of pyridine rings is 2. The monoisotopic (exact) mass is 325 g/mol. The molecule has 4 rings (SSSR count). The molecule has 3 heterocycles. The summed E-state index contributed by atoms with van der Waals surface area (Å²) >= 11 is 5.81. The Morgan fingerprint density at radius 2 is 2.00 bits per heavy atom. The maximum atomic E-state index is 12.6. The molecule has 7 heteroatoms. The van der Waals surface area contributed by atoms with Crippen molar-refractivity contribution in [2.24, 2.45) is 0 Å². The summed E-state index contributed by atoms with van der Waals surface area (Å²) in [6, 6.07) is 10.2. The van der Waals surface area contributed by atoms with Crippen LogP contribution in [0, 0.1) is 11.3 Å². The van der Waals surface area contributed by atoms with Gasteiger partial charge in [0.15, 0.2) is 11.5 Å². The first-order valence-corrected chi connectivity index (χ1v) is 7.06. The maximum absolute atomic E-state index is 12.6. The zero-order valence-corrected chi connectivity index (χ0v) is 12.4. The number of benzene rings is 1. The first kappa shape index (κ1) is 13.6. The van der Waals surface area contributed by atoms with E-state index in [0.29, 0.717) is 33.2 Å². The van der Waals surface area contributed by atoms with Crippen LogP contribution < -0.4 is 15.0 Å². The fraction of sp³-hybridized carbons (Fsp3) is 0.0625. The van der Waals surface area contributed by atoms with Gasteiger partial charge in [-0.1, -0.05) is 11.6 Å². The lowest BCUT2D eigenvalue weighted by Crippen LogP contribution is -2.21. The van der Waals surface area contributed by atoms with Gasteiger partial charge in [0.2, 0.25) is 6.79 Å². The van der Waals surface area contributed by atoms with Crippen molar-refractivity contribution in [3.8, 4) is 23.3 Å². The molecule has 0 fully saturated rings. The van der Waals surface area contributed by atoms with E-state index < -0.39 is 5.56 Å². The molecule has 1 aliphatic rings. The molecule has 2 aromatic heterocycles. The van der Waals surface area contributed by atoms with E-state index in [9.17, 15) is 10.1 Å².